The van der Waals surface area contributed by atoms with Crippen molar-refractivity contribution in [1.82, 2.24) is 9.55 Å². The van der Waals surface area contributed by atoms with Crippen molar-refractivity contribution in [2.75, 3.05) is 0 Å². The SMILES string of the molecule is CCc1cc2c(=O)n(C3CC3)c(=S)[nH]c2s1. The number of nitrogens with one attached hydrogen (secondary N) is 1. The normalized spacial score (nSPS) is 15.8. The quantitative estimate of drug-likeness (QED) is 0.834. The molecule has 0 aliphatic heterocycles. The molecule has 0 saturated heterocycles. The third kappa shape index (κ3) is 1.46. The number of aryl methyl sites for hydroxylation is 1. The number of H-pyrrole nitrogens is 1. The van der Waals surface area contributed by atoms with Crippen LogP contribution >= 0.6 is 23.6 Å². The highest BCUT2D eigenvalue weighted by molar-refractivity contribution is 7.71. The van der Waals surface area contributed by atoms with Crippen molar-refractivity contribution in [3.05, 3.63) is 26.1 Å². The highest BCUT2D eigenvalue weighted by Gasteiger charge is 2.26. The van der Waals surface area contributed by atoms with Crippen LogP contribution in [0.25, 0.3) is 10.2 Å². The molecule has 5 heteroatoms. The lowest BCUT2D eigenvalue weighted by Crippen LogP contribution is -2.20. The zero-order chi connectivity index (χ0) is 11.3. The Morgan fingerprint density at radius 3 is 3.00 bits per heavy atom. The number of aromatic nitrogens is 2. The Kier molecular flexibility index (Phi) is 2.26. The second kappa shape index (κ2) is 3.53. The Labute approximate surface area is 102 Å². The fourth-order valence-corrected chi connectivity index (χ4v) is 3.30. The van der Waals surface area contributed by atoms with Crippen LogP contribution in [0.2, 0.25) is 0 Å². The van der Waals surface area contributed by atoms with E-state index in [1.54, 1.807) is 15.9 Å². The molecule has 0 radical (unpaired) electrons. The predicted molar refractivity (Wildman–Crippen MR) is 68.9 cm³/mol. The standard InChI is InChI=1S/C11H12N2OS2/c1-2-7-5-8-9(16-7)12-11(15)13(10(8)14)6-3-4-6/h5-6H,2-4H2,1H3,(H,12,15). The van der Waals surface area contributed by atoms with Crippen molar-refractivity contribution in [2.45, 2.75) is 32.2 Å². The molecule has 1 aliphatic rings. The molecule has 2 heterocycles. The maximum atomic E-state index is 12.2. The van der Waals surface area contributed by atoms with E-state index in [2.05, 4.69) is 11.9 Å². The van der Waals surface area contributed by atoms with Crippen LogP contribution in [0, 0.1) is 4.77 Å². The lowest BCUT2D eigenvalue weighted by molar-refractivity contribution is 0.686. The molecule has 0 atom stereocenters. The first-order chi connectivity index (χ1) is 7.70. The fourth-order valence-electron chi connectivity index (χ4n) is 1.91. The van der Waals surface area contributed by atoms with Crippen molar-refractivity contribution in [3.63, 3.8) is 0 Å². The van der Waals surface area contributed by atoms with Gasteiger partial charge in [-0.2, -0.15) is 0 Å². The molecular weight excluding hydrogens is 240 g/mol. The summed E-state index contributed by atoms with van der Waals surface area (Å²) in [4.78, 5) is 17.6. The van der Waals surface area contributed by atoms with Gasteiger partial charge in [-0.05, 0) is 37.5 Å². The number of fused-ring (bicyclic) bond motifs is 1. The Hall–Kier alpha value is -0.940. The minimum absolute atomic E-state index is 0.0807. The summed E-state index contributed by atoms with van der Waals surface area (Å²) >= 11 is 6.87. The molecule has 0 aromatic carbocycles. The second-order valence-electron chi connectivity index (χ2n) is 4.15. The Bertz CT molecular complexity index is 661. The van der Waals surface area contributed by atoms with E-state index in [4.69, 9.17) is 12.2 Å². The van der Waals surface area contributed by atoms with Gasteiger partial charge in [0.2, 0.25) is 0 Å². The van der Waals surface area contributed by atoms with Crippen molar-refractivity contribution >= 4 is 33.8 Å². The molecule has 0 bridgehead atoms. The van der Waals surface area contributed by atoms with E-state index in [1.165, 1.54) is 4.88 Å². The fraction of sp³-hybridized carbons (Fsp3) is 0.455. The summed E-state index contributed by atoms with van der Waals surface area (Å²) in [7, 11) is 0. The molecule has 1 saturated carbocycles. The monoisotopic (exact) mass is 252 g/mol. The van der Waals surface area contributed by atoms with Crippen molar-refractivity contribution in [1.29, 1.82) is 0 Å². The molecule has 0 amide bonds. The van der Waals surface area contributed by atoms with E-state index in [0.717, 1.165) is 29.5 Å². The first-order valence-corrected chi connectivity index (χ1v) is 6.70. The van der Waals surface area contributed by atoms with Gasteiger partial charge in [0.1, 0.15) is 4.83 Å². The molecular formula is C11H12N2OS2. The van der Waals surface area contributed by atoms with Crippen molar-refractivity contribution in [3.8, 4) is 0 Å². The average Bonchev–Trinajstić information content (AvgIpc) is 2.98. The first-order valence-electron chi connectivity index (χ1n) is 5.48. The van der Waals surface area contributed by atoms with Gasteiger partial charge in [0.25, 0.3) is 5.56 Å². The molecule has 2 aromatic rings. The Balaban J connectivity index is 2.37. The maximum absolute atomic E-state index is 12.2. The summed E-state index contributed by atoms with van der Waals surface area (Å²) in [6.07, 6.45) is 3.12. The van der Waals surface area contributed by atoms with Gasteiger partial charge in [-0.1, -0.05) is 6.92 Å². The van der Waals surface area contributed by atoms with Crippen LogP contribution in [-0.4, -0.2) is 9.55 Å². The summed E-state index contributed by atoms with van der Waals surface area (Å²) in [5.74, 6) is 0. The van der Waals surface area contributed by atoms with Crippen LogP contribution in [0.4, 0.5) is 0 Å². The molecule has 2 aromatic heterocycles. The molecule has 1 fully saturated rings. The van der Waals surface area contributed by atoms with Crippen LogP contribution in [-0.2, 0) is 6.42 Å². The Morgan fingerprint density at radius 1 is 1.62 bits per heavy atom. The number of thiophene rings is 1. The van der Waals surface area contributed by atoms with Crippen molar-refractivity contribution in [2.24, 2.45) is 0 Å². The van der Waals surface area contributed by atoms with Crippen molar-refractivity contribution < 1.29 is 0 Å². The summed E-state index contributed by atoms with van der Waals surface area (Å²) in [5.41, 5.74) is 0.0807. The smallest absolute Gasteiger partial charge is 0.263 e. The highest BCUT2D eigenvalue weighted by atomic mass is 32.1. The summed E-state index contributed by atoms with van der Waals surface area (Å²) in [6, 6.07) is 2.33. The van der Waals surface area contributed by atoms with Gasteiger partial charge in [0.05, 0.1) is 5.39 Å². The third-order valence-electron chi connectivity index (χ3n) is 2.93. The maximum Gasteiger partial charge on any atom is 0.263 e. The lowest BCUT2D eigenvalue weighted by atomic mass is 10.3. The molecule has 1 aliphatic carbocycles. The Morgan fingerprint density at radius 2 is 2.38 bits per heavy atom. The number of aromatic amines is 1. The minimum Gasteiger partial charge on any atom is -0.323 e. The van der Waals surface area contributed by atoms with Gasteiger partial charge in [-0.25, -0.2) is 0 Å². The summed E-state index contributed by atoms with van der Waals surface area (Å²) < 4.78 is 2.31. The van der Waals surface area contributed by atoms with Crippen LogP contribution in [0.3, 0.4) is 0 Å². The predicted octanol–water partition coefficient (Wildman–Crippen LogP) is 3.02. The highest BCUT2D eigenvalue weighted by Crippen LogP contribution is 2.34. The number of hydrogen-bond donors (Lipinski definition) is 1. The van der Waals surface area contributed by atoms with Gasteiger partial charge in [-0.3, -0.25) is 9.36 Å². The van der Waals surface area contributed by atoms with Gasteiger partial charge >= 0.3 is 0 Å². The number of hydrogen-bond acceptors (Lipinski definition) is 3. The minimum atomic E-state index is 0.0807. The molecule has 3 rings (SSSR count). The molecule has 84 valence electrons. The number of rotatable bonds is 2. The first kappa shape index (κ1) is 10.2. The average molecular weight is 252 g/mol. The van der Waals surface area contributed by atoms with Crippen LogP contribution in [0.5, 0.6) is 0 Å². The van der Waals surface area contributed by atoms with Gasteiger partial charge < -0.3 is 4.98 Å². The second-order valence-corrected chi connectivity index (χ2v) is 5.67. The third-order valence-corrected chi connectivity index (χ3v) is 4.43. The molecule has 0 unspecified atom stereocenters. The zero-order valence-electron chi connectivity index (χ0n) is 8.95. The summed E-state index contributed by atoms with van der Waals surface area (Å²) in [6.45, 7) is 2.10. The van der Waals surface area contributed by atoms with E-state index < -0.39 is 0 Å². The van der Waals surface area contributed by atoms with E-state index in [-0.39, 0.29) is 5.56 Å². The lowest BCUT2D eigenvalue weighted by Gasteiger charge is -2.02. The largest absolute Gasteiger partial charge is 0.323 e. The van der Waals surface area contributed by atoms with E-state index in [0.29, 0.717) is 10.8 Å². The van der Waals surface area contributed by atoms with E-state index >= 15 is 0 Å². The molecule has 3 nitrogen and oxygen atoms in total. The van der Waals surface area contributed by atoms with Crippen LogP contribution < -0.4 is 5.56 Å². The summed E-state index contributed by atoms with van der Waals surface area (Å²) in [5, 5.41) is 0.794. The van der Waals surface area contributed by atoms with E-state index in [1.807, 2.05) is 6.07 Å². The van der Waals surface area contributed by atoms with Crippen LogP contribution in [0.15, 0.2) is 10.9 Å². The molecule has 0 spiro atoms. The zero-order valence-corrected chi connectivity index (χ0v) is 10.6. The van der Waals surface area contributed by atoms with Crippen LogP contribution in [0.1, 0.15) is 30.7 Å². The topological polar surface area (TPSA) is 37.8 Å². The van der Waals surface area contributed by atoms with E-state index in [9.17, 15) is 4.79 Å². The number of nitrogens with zero attached hydrogens (tertiary/aromatic N) is 1. The van der Waals surface area contributed by atoms with Gasteiger partial charge in [-0.15, -0.1) is 11.3 Å². The molecule has 1 N–H and O–H groups in total. The van der Waals surface area contributed by atoms with Gasteiger partial charge in [0.15, 0.2) is 4.77 Å². The molecule has 16 heavy (non-hydrogen) atoms. The van der Waals surface area contributed by atoms with Gasteiger partial charge in [0, 0.05) is 10.9 Å².